The summed E-state index contributed by atoms with van der Waals surface area (Å²) in [6.45, 7) is 2.18. The second kappa shape index (κ2) is 5.43. The van der Waals surface area contributed by atoms with E-state index in [1.807, 2.05) is 6.07 Å². The Kier molecular flexibility index (Phi) is 4.46. The summed E-state index contributed by atoms with van der Waals surface area (Å²) in [4.78, 5) is 7.97. The Morgan fingerprint density at radius 2 is 2.50 bits per heavy atom. The van der Waals surface area contributed by atoms with Gasteiger partial charge in [0.05, 0.1) is 5.03 Å². The summed E-state index contributed by atoms with van der Waals surface area (Å²) in [5, 5.41) is 1.04. The van der Waals surface area contributed by atoms with E-state index in [4.69, 9.17) is 0 Å². The summed E-state index contributed by atoms with van der Waals surface area (Å²) in [7, 11) is 0. The molecule has 12 heavy (non-hydrogen) atoms. The largest absolute Gasteiger partial charge is 0.245 e. The number of thioether (sulfide) groups is 1. The lowest BCUT2D eigenvalue weighted by Crippen LogP contribution is -1.99. The first-order valence-corrected chi connectivity index (χ1v) is 5.44. The molecule has 1 rings (SSSR count). The molecule has 0 bridgehead atoms. The highest BCUT2D eigenvalue weighted by Gasteiger charge is 2.00. The molecule has 1 aromatic heterocycles. The topological polar surface area (TPSA) is 25.8 Å². The first kappa shape index (κ1) is 9.86. The molecule has 4 heteroatoms. The lowest BCUT2D eigenvalue weighted by molar-refractivity contribution is 0.765. The van der Waals surface area contributed by atoms with Crippen molar-refractivity contribution in [1.29, 1.82) is 0 Å². The molecule has 0 saturated carbocycles. The van der Waals surface area contributed by atoms with E-state index in [2.05, 4.69) is 29.5 Å². The molecule has 0 amide bonds. The molecule has 2 nitrogen and oxygen atoms in total. The van der Waals surface area contributed by atoms with Gasteiger partial charge >= 0.3 is 0 Å². The molecular formula is C8H12N2S2. The van der Waals surface area contributed by atoms with Gasteiger partial charge in [0.25, 0.3) is 0 Å². The minimum Gasteiger partial charge on any atom is -0.245 e. The third-order valence-electron chi connectivity index (χ3n) is 1.38. The molecule has 1 heterocycles. The number of hydrogen-bond acceptors (Lipinski definition) is 4. The highest BCUT2D eigenvalue weighted by atomic mass is 32.2. The van der Waals surface area contributed by atoms with Crippen molar-refractivity contribution in [3.8, 4) is 0 Å². The summed E-state index contributed by atoms with van der Waals surface area (Å²) in [5.74, 6) is 2.63. The van der Waals surface area contributed by atoms with Crippen LogP contribution in [0, 0.1) is 5.92 Å². The van der Waals surface area contributed by atoms with E-state index in [9.17, 15) is 0 Å². The molecule has 0 spiro atoms. The molecule has 0 radical (unpaired) electrons. The van der Waals surface area contributed by atoms with E-state index in [0.29, 0.717) is 5.92 Å². The van der Waals surface area contributed by atoms with Crippen LogP contribution >= 0.6 is 24.4 Å². The zero-order valence-corrected chi connectivity index (χ0v) is 8.68. The van der Waals surface area contributed by atoms with Crippen LogP contribution in [-0.4, -0.2) is 21.5 Å². The Balaban J connectivity index is 2.33. The van der Waals surface area contributed by atoms with Crippen LogP contribution in [0.15, 0.2) is 23.6 Å². The maximum atomic E-state index is 4.22. The second-order valence-corrected chi connectivity index (χ2v) is 4.05. The van der Waals surface area contributed by atoms with Gasteiger partial charge in [0.2, 0.25) is 0 Å². The van der Waals surface area contributed by atoms with Crippen molar-refractivity contribution in [3.05, 3.63) is 18.6 Å². The average Bonchev–Trinajstić information content (AvgIpc) is 2.16. The molecule has 0 aliphatic carbocycles. The molecule has 0 aliphatic heterocycles. The number of aromatic nitrogens is 2. The monoisotopic (exact) mass is 200 g/mol. The molecule has 0 aliphatic rings. The Labute approximate surface area is 82.6 Å². The van der Waals surface area contributed by atoms with Crippen molar-refractivity contribution in [1.82, 2.24) is 9.97 Å². The number of nitrogens with zero attached hydrogens (tertiary/aromatic N) is 2. The summed E-state index contributed by atoms with van der Waals surface area (Å²) in [6.07, 6.45) is 3.34. The van der Waals surface area contributed by atoms with Crippen molar-refractivity contribution in [2.45, 2.75) is 11.9 Å². The van der Waals surface area contributed by atoms with Crippen LogP contribution in [0.4, 0.5) is 0 Å². The lowest BCUT2D eigenvalue weighted by atomic mass is 10.3. The van der Waals surface area contributed by atoms with Gasteiger partial charge in [-0.15, -0.1) is 11.8 Å². The molecule has 0 aromatic carbocycles. The fourth-order valence-corrected chi connectivity index (χ4v) is 1.80. The first-order chi connectivity index (χ1) is 5.83. The second-order valence-electron chi connectivity index (χ2n) is 2.65. The quantitative estimate of drug-likeness (QED) is 0.458. The normalized spacial score (nSPS) is 12.8. The van der Waals surface area contributed by atoms with Gasteiger partial charge in [0.1, 0.15) is 6.33 Å². The molecule has 0 fully saturated rings. The molecule has 1 unspecified atom stereocenters. The van der Waals surface area contributed by atoms with E-state index in [0.717, 1.165) is 16.5 Å². The van der Waals surface area contributed by atoms with Gasteiger partial charge in [-0.1, -0.05) is 6.92 Å². The molecule has 1 atom stereocenters. The number of rotatable bonds is 4. The third-order valence-corrected chi connectivity index (χ3v) is 3.28. The molecule has 0 N–H and O–H groups in total. The summed E-state index contributed by atoms with van der Waals surface area (Å²) in [6, 6.07) is 1.93. The van der Waals surface area contributed by atoms with Gasteiger partial charge in [-0.05, 0) is 17.7 Å². The fourth-order valence-electron chi connectivity index (χ4n) is 0.644. The Hall–Kier alpha value is -0.220. The van der Waals surface area contributed by atoms with Crippen molar-refractivity contribution < 1.29 is 0 Å². The van der Waals surface area contributed by atoms with E-state index < -0.39 is 0 Å². The lowest BCUT2D eigenvalue weighted by Gasteiger charge is -2.05. The standard InChI is InChI=1S/C8H12N2S2/c1-7(4-11)5-12-8-2-3-9-6-10-8/h2-3,6-7,11H,4-5H2,1H3. The predicted octanol–water partition coefficient (Wildman–Crippen LogP) is 2.13. The average molecular weight is 200 g/mol. The zero-order chi connectivity index (χ0) is 8.81. The van der Waals surface area contributed by atoms with Crippen molar-refractivity contribution >= 4 is 24.4 Å². The van der Waals surface area contributed by atoms with E-state index in [-0.39, 0.29) is 0 Å². The zero-order valence-electron chi connectivity index (χ0n) is 6.97. The molecular weight excluding hydrogens is 188 g/mol. The maximum absolute atomic E-state index is 4.22. The van der Waals surface area contributed by atoms with E-state index >= 15 is 0 Å². The smallest absolute Gasteiger partial charge is 0.116 e. The summed E-state index contributed by atoms with van der Waals surface area (Å²) >= 11 is 5.97. The molecule has 66 valence electrons. The van der Waals surface area contributed by atoms with Crippen molar-refractivity contribution in [2.24, 2.45) is 5.92 Å². The Morgan fingerprint density at radius 1 is 1.67 bits per heavy atom. The first-order valence-electron chi connectivity index (χ1n) is 3.82. The Bertz CT molecular complexity index is 216. The van der Waals surface area contributed by atoms with Crippen LogP contribution in [0.25, 0.3) is 0 Å². The van der Waals surface area contributed by atoms with Crippen LogP contribution in [0.5, 0.6) is 0 Å². The van der Waals surface area contributed by atoms with Crippen molar-refractivity contribution in [3.63, 3.8) is 0 Å². The van der Waals surface area contributed by atoms with Gasteiger partial charge in [0.15, 0.2) is 0 Å². The van der Waals surface area contributed by atoms with Crippen molar-refractivity contribution in [2.75, 3.05) is 11.5 Å². The highest BCUT2D eigenvalue weighted by molar-refractivity contribution is 7.99. The van der Waals surface area contributed by atoms with Gasteiger partial charge < -0.3 is 0 Å². The maximum Gasteiger partial charge on any atom is 0.116 e. The van der Waals surface area contributed by atoms with E-state index in [1.165, 1.54) is 0 Å². The summed E-state index contributed by atoms with van der Waals surface area (Å²) < 4.78 is 0. The molecule has 1 aromatic rings. The number of hydrogen-bond donors (Lipinski definition) is 1. The minimum absolute atomic E-state index is 0.633. The molecule has 0 saturated heterocycles. The van der Waals surface area contributed by atoms with Crippen LogP contribution in [0.2, 0.25) is 0 Å². The minimum atomic E-state index is 0.633. The van der Waals surface area contributed by atoms with Crippen LogP contribution < -0.4 is 0 Å². The predicted molar refractivity (Wildman–Crippen MR) is 55.8 cm³/mol. The van der Waals surface area contributed by atoms with Gasteiger partial charge in [-0.25, -0.2) is 9.97 Å². The van der Waals surface area contributed by atoms with Gasteiger partial charge in [-0.3, -0.25) is 0 Å². The Morgan fingerprint density at radius 3 is 3.08 bits per heavy atom. The van der Waals surface area contributed by atoms with E-state index in [1.54, 1.807) is 24.3 Å². The van der Waals surface area contributed by atoms with Crippen LogP contribution in [0.1, 0.15) is 6.92 Å². The third kappa shape index (κ3) is 3.45. The van der Waals surface area contributed by atoms with Crippen LogP contribution in [-0.2, 0) is 0 Å². The van der Waals surface area contributed by atoms with Gasteiger partial charge in [0, 0.05) is 11.9 Å². The van der Waals surface area contributed by atoms with Crippen LogP contribution in [0.3, 0.4) is 0 Å². The highest BCUT2D eigenvalue weighted by Crippen LogP contribution is 2.17. The fraction of sp³-hybridized carbons (Fsp3) is 0.500. The SMILES string of the molecule is CC(CS)CSc1ccncn1. The number of thiol groups is 1. The summed E-state index contributed by atoms with van der Waals surface area (Å²) in [5.41, 5.74) is 0. The van der Waals surface area contributed by atoms with Gasteiger partial charge in [-0.2, -0.15) is 12.6 Å².